The standard InChI is InChI=1S/C13H24N4O/c1-10-12(13(18-4)17(3)15-10)9-14-7-8-16(2)11-5-6-11/h11,14H,5-9H2,1-4H3. The molecule has 5 nitrogen and oxygen atoms in total. The van der Waals surface area contributed by atoms with Crippen LogP contribution in [0.3, 0.4) is 0 Å². The van der Waals surface area contributed by atoms with Gasteiger partial charge in [0.05, 0.1) is 18.4 Å². The highest BCUT2D eigenvalue weighted by molar-refractivity contribution is 5.30. The van der Waals surface area contributed by atoms with Gasteiger partial charge in [-0.05, 0) is 26.8 Å². The molecule has 0 saturated heterocycles. The van der Waals surface area contributed by atoms with Gasteiger partial charge in [0.2, 0.25) is 5.88 Å². The Morgan fingerprint density at radius 3 is 2.83 bits per heavy atom. The van der Waals surface area contributed by atoms with E-state index in [1.807, 2.05) is 14.0 Å². The van der Waals surface area contributed by atoms with E-state index in [-0.39, 0.29) is 0 Å². The number of nitrogens with one attached hydrogen (secondary N) is 1. The minimum atomic E-state index is 0.821. The Kier molecular flexibility index (Phi) is 4.24. The highest BCUT2D eigenvalue weighted by Crippen LogP contribution is 2.24. The molecule has 1 aliphatic rings. The molecule has 5 heteroatoms. The third kappa shape index (κ3) is 3.03. The van der Waals surface area contributed by atoms with Gasteiger partial charge in [0.15, 0.2) is 0 Å². The molecule has 18 heavy (non-hydrogen) atoms. The van der Waals surface area contributed by atoms with E-state index >= 15 is 0 Å². The van der Waals surface area contributed by atoms with Gasteiger partial charge < -0.3 is 15.0 Å². The Morgan fingerprint density at radius 2 is 2.22 bits per heavy atom. The summed E-state index contributed by atoms with van der Waals surface area (Å²) in [6.45, 7) is 4.95. The number of methoxy groups -OCH3 is 1. The maximum atomic E-state index is 5.37. The average Bonchev–Trinajstić information content (AvgIpc) is 3.12. The zero-order valence-corrected chi connectivity index (χ0v) is 11.9. The van der Waals surface area contributed by atoms with Crippen molar-refractivity contribution in [2.45, 2.75) is 32.4 Å². The van der Waals surface area contributed by atoms with Crippen LogP contribution in [0.1, 0.15) is 24.1 Å². The lowest BCUT2D eigenvalue weighted by Gasteiger charge is -2.15. The number of aromatic nitrogens is 2. The lowest BCUT2D eigenvalue weighted by molar-refractivity contribution is 0.320. The topological polar surface area (TPSA) is 42.3 Å². The molecule has 1 heterocycles. The van der Waals surface area contributed by atoms with E-state index in [1.54, 1.807) is 11.8 Å². The van der Waals surface area contributed by atoms with Gasteiger partial charge in [0.1, 0.15) is 0 Å². The SMILES string of the molecule is COc1c(CNCCN(C)C2CC2)c(C)nn1C. The monoisotopic (exact) mass is 252 g/mol. The minimum absolute atomic E-state index is 0.821. The lowest BCUT2D eigenvalue weighted by atomic mass is 10.2. The summed E-state index contributed by atoms with van der Waals surface area (Å²) in [7, 11) is 5.81. The number of aryl methyl sites for hydroxylation is 2. The third-order valence-corrected chi connectivity index (χ3v) is 3.60. The molecule has 0 atom stereocenters. The van der Waals surface area contributed by atoms with Crippen molar-refractivity contribution < 1.29 is 4.74 Å². The van der Waals surface area contributed by atoms with E-state index in [0.29, 0.717) is 0 Å². The average molecular weight is 252 g/mol. The van der Waals surface area contributed by atoms with E-state index in [1.165, 1.54) is 12.8 Å². The number of likely N-dealkylation sites (N-methyl/N-ethyl adjacent to an activating group) is 1. The summed E-state index contributed by atoms with van der Waals surface area (Å²) in [6.07, 6.45) is 2.73. The van der Waals surface area contributed by atoms with Crippen LogP contribution in [0.2, 0.25) is 0 Å². The summed E-state index contributed by atoms with van der Waals surface area (Å²) in [5.74, 6) is 0.857. The molecule has 102 valence electrons. The number of nitrogens with zero attached hydrogens (tertiary/aromatic N) is 3. The summed E-state index contributed by atoms with van der Waals surface area (Å²) in [5, 5.41) is 7.84. The zero-order chi connectivity index (χ0) is 13.1. The van der Waals surface area contributed by atoms with E-state index in [2.05, 4.69) is 22.4 Å². The second-order valence-corrected chi connectivity index (χ2v) is 5.09. The van der Waals surface area contributed by atoms with Gasteiger partial charge in [-0.2, -0.15) is 5.10 Å². The van der Waals surface area contributed by atoms with Crippen molar-refractivity contribution in [2.24, 2.45) is 7.05 Å². The van der Waals surface area contributed by atoms with Crippen molar-refractivity contribution in [3.8, 4) is 5.88 Å². The van der Waals surface area contributed by atoms with E-state index in [4.69, 9.17) is 4.74 Å². The molecule has 1 aliphatic carbocycles. The molecular formula is C13H24N4O. The van der Waals surface area contributed by atoms with Crippen LogP contribution >= 0.6 is 0 Å². The van der Waals surface area contributed by atoms with Gasteiger partial charge in [-0.1, -0.05) is 0 Å². The van der Waals surface area contributed by atoms with Crippen LogP contribution in [0.25, 0.3) is 0 Å². The maximum Gasteiger partial charge on any atom is 0.216 e. The molecule has 0 unspecified atom stereocenters. The normalized spacial score (nSPS) is 15.4. The van der Waals surface area contributed by atoms with Crippen molar-refractivity contribution in [1.82, 2.24) is 20.0 Å². The largest absolute Gasteiger partial charge is 0.481 e. The minimum Gasteiger partial charge on any atom is -0.481 e. The van der Waals surface area contributed by atoms with Crippen LogP contribution < -0.4 is 10.1 Å². The Hall–Kier alpha value is -1.07. The van der Waals surface area contributed by atoms with E-state index in [0.717, 1.165) is 42.8 Å². The summed E-state index contributed by atoms with van der Waals surface area (Å²) in [6, 6.07) is 0.835. The molecule has 2 rings (SSSR count). The van der Waals surface area contributed by atoms with Crippen LogP contribution in [-0.4, -0.2) is 48.0 Å². The summed E-state index contributed by atoms with van der Waals surface area (Å²) >= 11 is 0. The fraction of sp³-hybridized carbons (Fsp3) is 0.769. The predicted molar refractivity (Wildman–Crippen MR) is 71.9 cm³/mol. The van der Waals surface area contributed by atoms with Crippen LogP contribution in [0.4, 0.5) is 0 Å². The van der Waals surface area contributed by atoms with Crippen LogP contribution in [-0.2, 0) is 13.6 Å². The Bertz CT molecular complexity index is 398. The molecule has 1 fully saturated rings. The van der Waals surface area contributed by atoms with Gasteiger partial charge >= 0.3 is 0 Å². The second kappa shape index (κ2) is 5.71. The smallest absolute Gasteiger partial charge is 0.216 e. The van der Waals surface area contributed by atoms with Crippen molar-refractivity contribution in [3.05, 3.63) is 11.3 Å². The first-order chi connectivity index (χ1) is 8.63. The van der Waals surface area contributed by atoms with Crippen molar-refractivity contribution in [3.63, 3.8) is 0 Å². The second-order valence-electron chi connectivity index (χ2n) is 5.09. The Labute approximate surface area is 109 Å². The molecule has 1 N–H and O–H groups in total. The zero-order valence-electron chi connectivity index (χ0n) is 11.9. The predicted octanol–water partition coefficient (Wildman–Crippen LogP) is 0.921. The van der Waals surface area contributed by atoms with Crippen LogP contribution in [0.15, 0.2) is 0 Å². The first kappa shape index (κ1) is 13.4. The maximum absolute atomic E-state index is 5.37. The first-order valence-corrected chi connectivity index (χ1v) is 6.61. The molecule has 0 aliphatic heterocycles. The molecule has 1 aromatic rings. The number of rotatable bonds is 7. The van der Waals surface area contributed by atoms with Gasteiger partial charge in [-0.15, -0.1) is 0 Å². The number of hydrogen-bond donors (Lipinski definition) is 1. The van der Waals surface area contributed by atoms with Crippen LogP contribution in [0, 0.1) is 6.92 Å². The Balaban J connectivity index is 1.78. The van der Waals surface area contributed by atoms with Crippen molar-refractivity contribution in [2.75, 3.05) is 27.2 Å². The van der Waals surface area contributed by atoms with Gasteiger partial charge in [-0.3, -0.25) is 0 Å². The van der Waals surface area contributed by atoms with Crippen LogP contribution in [0.5, 0.6) is 5.88 Å². The molecule has 1 saturated carbocycles. The Morgan fingerprint density at radius 1 is 1.50 bits per heavy atom. The van der Waals surface area contributed by atoms with Gasteiger partial charge in [-0.25, -0.2) is 4.68 Å². The van der Waals surface area contributed by atoms with Crippen molar-refractivity contribution in [1.29, 1.82) is 0 Å². The summed E-state index contributed by atoms with van der Waals surface area (Å²) in [4.78, 5) is 2.43. The van der Waals surface area contributed by atoms with Crippen molar-refractivity contribution >= 4 is 0 Å². The molecule has 0 aromatic carbocycles. The quantitative estimate of drug-likeness (QED) is 0.733. The summed E-state index contributed by atoms with van der Waals surface area (Å²) in [5.41, 5.74) is 2.20. The third-order valence-electron chi connectivity index (χ3n) is 3.60. The first-order valence-electron chi connectivity index (χ1n) is 6.61. The fourth-order valence-electron chi connectivity index (χ4n) is 2.31. The molecule has 0 spiro atoms. The highest BCUT2D eigenvalue weighted by atomic mass is 16.5. The van der Waals surface area contributed by atoms with Gasteiger partial charge in [0.25, 0.3) is 0 Å². The molecular weight excluding hydrogens is 228 g/mol. The molecule has 0 amide bonds. The number of hydrogen-bond acceptors (Lipinski definition) is 4. The molecule has 0 radical (unpaired) electrons. The lowest BCUT2D eigenvalue weighted by Crippen LogP contribution is -2.30. The molecule has 1 aromatic heterocycles. The fourth-order valence-corrected chi connectivity index (χ4v) is 2.31. The summed E-state index contributed by atoms with van der Waals surface area (Å²) < 4.78 is 7.17. The molecule has 0 bridgehead atoms. The highest BCUT2D eigenvalue weighted by Gasteiger charge is 2.25. The van der Waals surface area contributed by atoms with E-state index in [9.17, 15) is 0 Å². The number of ether oxygens (including phenoxy) is 1. The van der Waals surface area contributed by atoms with E-state index < -0.39 is 0 Å². The van der Waals surface area contributed by atoms with Gasteiger partial charge in [0, 0.05) is 32.7 Å².